The molecule has 1 aliphatic heterocycles. The summed E-state index contributed by atoms with van der Waals surface area (Å²) in [6.45, 7) is 6.12. The number of hydrogen-bond donors (Lipinski definition) is 2. The molecule has 2 aromatic rings. The zero-order chi connectivity index (χ0) is 16.0. The van der Waals surface area contributed by atoms with Gasteiger partial charge in [0.05, 0.1) is 34.5 Å². The van der Waals surface area contributed by atoms with E-state index in [2.05, 4.69) is 34.0 Å². The van der Waals surface area contributed by atoms with Crippen molar-refractivity contribution in [3.63, 3.8) is 0 Å². The van der Waals surface area contributed by atoms with Crippen molar-refractivity contribution in [2.24, 2.45) is 0 Å². The second kappa shape index (κ2) is 5.28. The van der Waals surface area contributed by atoms with Crippen LogP contribution in [0.15, 0.2) is 18.3 Å². The minimum absolute atomic E-state index is 0.0192. The first-order valence-electron chi connectivity index (χ1n) is 7.05. The fourth-order valence-electron chi connectivity index (χ4n) is 2.87. The first-order chi connectivity index (χ1) is 10.4. The number of rotatable bonds is 2. The molecule has 1 aliphatic rings. The highest BCUT2D eigenvalue weighted by Gasteiger charge is 2.30. The molecule has 2 heterocycles. The van der Waals surface area contributed by atoms with Crippen LogP contribution in [-0.4, -0.2) is 22.2 Å². The Bertz CT molecular complexity index is 734. The van der Waals surface area contributed by atoms with Gasteiger partial charge in [0, 0.05) is 11.6 Å². The number of nitrogens with one attached hydrogen (secondary N) is 1. The first-order valence-corrected chi connectivity index (χ1v) is 7.43. The van der Waals surface area contributed by atoms with E-state index in [0.29, 0.717) is 22.0 Å². The van der Waals surface area contributed by atoms with Crippen molar-refractivity contribution in [2.45, 2.75) is 33.0 Å². The maximum absolute atomic E-state index is 14.5. The number of nitrogen functional groups attached to an aromatic ring is 1. The molecular weight excluding hydrogens is 305 g/mol. The van der Waals surface area contributed by atoms with Crippen LogP contribution < -0.4 is 16.0 Å². The van der Waals surface area contributed by atoms with Gasteiger partial charge in [-0.25, -0.2) is 14.4 Å². The maximum Gasteiger partial charge on any atom is 0.220 e. The van der Waals surface area contributed by atoms with Crippen molar-refractivity contribution in [1.82, 2.24) is 9.97 Å². The van der Waals surface area contributed by atoms with Crippen LogP contribution in [0.25, 0.3) is 11.3 Å². The fraction of sp³-hybridized carbons (Fsp3) is 0.333. The third kappa shape index (κ3) is 2.33. The second-order valence-corrected chi connectivity index (χ2v) is 6.01. The summed E-state index contributed by atoms with van der Waals surface area (Å²) in [5, 5.41) is 3.50. The third-order valence-corrected chi connectivity index (χ3v) is 3.99. The van der Waals surface area contributed by atoms with E-state index in [9.17, 15) is 4.39 Å². The van der Waals surface area contributed by atoms with E-state index in [1.807, 2.05) is 13.0 Å². The number of hydrogen-bond acceptors (Lipinski definition) is 5. The number of anilines is 3. The van der Waals surface area contributed by atoms with Crippen molar-refractivity contribution in [2.75, 3.05) is 16.0 Å². The van der Waals surface area contributed by atoms with E-state index < -0.39 is 0 Å². The van der Waals surface area contributed by atoms with E-state index in [0.717, 1.165) is 5.69 Å². The van der Waals surface area contributed by atoms with E-state index in [1.54, 1.807) is 0 Å². The molecule has 0 saturated carbocycles. The lowest BCUT2D eigenvalue weighted by molar-refractivity contribution is 0.629. The molecule has 1 unspecified atom stereocenters. The largest absolute Gasteiger partial charge is 0.368 e. The molecule has 0 aliphatic carbocycles. The molecule has 3 N–H and O–H groups in total. The van der Waals surface area contributed by atoms with E-state index in [1.165, 1.54) is 12.3 Å². The maximum atomic E-state index is 14.5. The predicted octanol–water partition coefficient (Wildman–Crippen LogP) is 3.50. The van der Waals surface area contributed by atoms with Crippen LogP contribution in [0.4, 0.5) is 21.7 Å². The van der Waals surface area contributed by atoms with Gasteiger partial charge in [-0.05, 0) is 32.9 Å². The number of halogens is 2. The molecule has 7 heteroatoms. The van der Waals surface area contributed by atoms with Crippen molar-refractivity contribution in [3.8, 4) is 11.3 Å². The van der Waals surface area contributed by atoms with Crippen LogP contribution in [0.2, 0.25) is 5.02 Å². The van der Waals surface area contributed by atoms with Crippen LogP contribution in [0, 0.1) is 5.82 Å². The lowest BCUT2D eigenvalue weighted by atomic mass is 10.1. The third-order valence-electron chi connectivity index (χ3n) is 3.71. The molecule has 0 radical (unpaired) electrons. The van der Waals surface area contributed by atoms with Crippen LogP contribution in [-0.2, 0) is 0 Å². The summed E-state index contributed by atoms with van der Waals surface area (Å²) in [6, 6.07) is 3.52. The van der Waals surface area contributed by atoms with Gasteiger partial charge in [0.2, 0.25) is 5.95 Å². The smallest absolute Gasteiger partial charge is 0.220 e. The van der Waals surface area contributed by atoms with Gasteiger partial charge < -0.3 is 16.0 Å². The van der Waals surface area contributed by atoms with Gasteiger partial charge in [0.15, 0.2) is 0 Å². The molecule has 0 amide bonds. The average Bonchev–Trinajstić information content (AvgIpc) is 2.78. The van der Waals surface area contributed by atoms with Gasteiger partial charge >= 0.3 is 0 Å². The van der Waals surface area contributed by atoms with Gasteiger partial charge in [-0.2, -0.15) is 0 Å². The Labute approximate surface area is 133 Å². The minimum Gasteiger partial charge on any atom is -0.368 e. The molecule has 1 aromatic heterocycles. The minimum atomic E-state index is -0.337. The zero-order valence-electron chi connectivity index (χ0n) is 12.6. The SMILES string of the molecule is CC(C)N1c2cc(-c3nc(N)ncc3Cl)cc(F)c2NC1C. The number of nitrogens with zero attached hydrogens (tertiary/aromatic N) is 3. The topological polar surface area (TPSA) is 67.1 Å². The van der Waals surface area contributed by atoms with Crippen molar-refractivity contribution in [1.29, 1.82) is 0 Å². The quantitative estimate of drug-likeness (QED) is 0.886. The molecule has 0 spiro atoms. The first kappa shape index (κ1) is 14.8. The van der Waals surface area contributed by atoms with E-state index in [4.69, 9.17) is 17.3 Å². The van der Waals surface area contributed by atoms with Gasteiger partial charge in [-0.1, -0.05) is 11.6 Å². The normalized spacial score (nSPS) is 16.8. The summed E-state index contributed by atoms with van der Waals surface area (Å²) in [4.78, 5) is 10.1. The highest BCUT2D eigenvalue weighted by Crippen LogP contribution is 2.41. The molecule has 22 heavy (non-hydrogen) atoms. The summed E-state index contributed by atoms with van der Waals surface area (Å²) in [7, 11) is 0. The molecule has 3 rings (SSSR count). The van der Waals surface area contributed by atoms with Crippen LogP contribution in [0.3, 0.4) is 0 Å². The number of fused-ring (bicyclic) bond motifs is 1. The fourth-order valence-corrected chi connectivity index (χ4v) is 3.07. The molecule has 1 aromatic carbocycles. The van der Waals surface area contributed by atoms with E-state index >= 15 is 0 Å². The second-order valence-electron chi connectivity index (χ2n) is 5.60. The standard InChI is InChI=1S/C15H17ClFN5/c1-7(2)22-8(3)20-14-11(17)4-9(5-12(14)22)13-10(16)6-19-15(18)21-13/h4-8,20H,1-3H3,(H2,18,19,21). The van der Waals surface area contributed by atoms with Gasteiger partial charge in [-0.15, -0.1) is 0 Å². The van der Waals surface area contributed by atoms with Crippen molar-refractivity contribution in [3.05, 3.63) is 29.2 Å². The Morgan fingerprint density at radius 2 is 2.14 bits per heavy atom. The van der Waals surface area contributed by atoms with Gasteiger partial charge in [-0.3, -0.25) is 0 Å². The Hall–Kier alpha value is -2.08. The highest BCUT2D eigenvalue weighted by atomic mass is 35.5. The number of nitrogens with two attached hydrogens (primary N) is 1. The molecule has 116 valence electrons. The van der Waals surface area contributed by atoms with Crippen molar-refractivity contribution < 1.29 is 4.39 Å². The molecule has 5 nitrogen and oxygen atoms in total. The lowest BCUT2D eigenvalue weighted by Gasteiger charge is -2.28. The summed E-state index contributed by atoms with van der Waals surface area (Å²) in [5.41, 5.74) is 7.93. The zero-order valence-corrected chi connectivity index (χ0v) is 13.3. The summed E-state index contributed by atoms with van der Waals surface area (Å²) < 4.78 is 14.5. The predicted molar refractivity (Wildman–Crippen MR) is 87.5 cm³/mol. The van der Waals surface area contributed by atoms with Crippen LogP contribution >= 0.6 is 11.6 Å². The monoisotopic (exact) mass is 321 g/mol. The molecule has 0 fully saturated rings. The lowest BCUT2D eigenvalue weighted by Crippen LogP contribution is -2.38. The Morgan fingerprint density at radius 1 is 1.41 bits per heavy atom. The Balaban J connectivity index is 2.17. The average molecular weight is 322 g/mol. The molecule has 0 saturated heterocycles. The van der Waals surface area contributed by atoms with E-state index in [-0.39, 0.29) is 24.0 Å². The van der Waals surface area contributed by atoms with Crippen LogP contribution in [0.1, 0.15) is 20.8 Å². The van der Waals surface area contributed by atoms with Crippen molar-refractivity contribution >= 4 is 28.9 Å². The molecule has 0 bridgehead atoms. The Morgan fingerprint density at radius 3 is 2.82 bits per heavy atom. The number of aromatic nitrogens is 2. The summed E-state index contributed by atoms with van der Waals surface area (Å²) in [6.07, 6.45) is 1.44. The number of benzene rings is 1. The highest BCUT2D eigenvalue weighted by molar-refractivity contribution is 6.32. The van der Waals surface area contributed by atoms with Crippen LogP contribution in [0.5, 0.6) is 0 Å². The Kier molecular flexibility index (Phi) is 3.56. The van der Waals surface area contributed by atoms with Gasteiger partial charge in [0.25, 0.3) is 0 Å². The summed E-state index contributed by atoms with van der Waals surface area (Å²) >= 11 is 6.13. The summed E-state index contributed by atoms with van der Waals surface area (Å²) in [5.74, 6) is -0.233. The van der Waals surface area contributed by atoms with Gasteiger partial charge in [0.1, 0.15) is 5.82 Å². The molecule has 1 atom stereocenters. The molecular formula is C15H17ClFN5.